The number of carbonyl (C=O) groups is 1. The number of hydrogen-bond acceptors (Lipinski definition) is 5. The molecule has 6 heteroatoms. The van der Waals surface area contributed by atoms with Gasteiger partial charge in [-0.05, 0) is 7.05 Å². The van der Waals surface area contributed by atoms with Gasteiger partial charge in [0, 0.05) is 25.7 Å². The number of nitrogens with one attached hydrogen (secondary N) is 1. The zero-order chi connectivity index (χ0) is 11.4. The Labute approximate surface area is 89.1 Å². The summed E-state index contributed by atoms with van der Waals surface area (Å²) in [7, 11) is 1.91. The van der Waals surface area contributed by atoms with Crippen LogP contribution in [0.2, 0.25) is 0 Å². The highest BCUT2D eigenvalue weighted by Crippen LogP contribution is 2.13. The van der Waals surface area contributed by atoms with Crippen LogP contribution in [-0.4, -0.2) is 66.5 Å². The highest BCUT2D eigenvalue weighted by molar-refractivity contribution is 5.80. The fraction of sp³-hybridized carbons (Fsp3) is 0.889. The number of likely N-dealkylation sites (N-methyl/N-ethyl adjacent to an activating group) is 1. The third-order valence-corrected chi connectivity index (χ3v) is 2.61. The van der Waals surface area contributed by atoms with Crippen molar-refractivity contribution in [2.75, 3.05) is 33.3 Å². The van der Waals surface area contributed by atoms with Crippen LogP contribution in [0.4, 0.5) is 0 Å². The Bertz CT molecular complexity index is 225. The highest BCUT2D eigenvalue weighted by Gasteiger charge is 2.33. The Morgan fingerprint density at radius 3 is 2.80 bits per heavy atom. The van der Waals surface area contributed by atoms with Gasteiger partial charge >= 0.3 is 0 Å². The topological polar surface area (TPSA) is 98.8 Å². The van der Waals surface area contributed by atoms with E-state index in [2.05, 4.69) is 5.32 Å². The first-order chi connectivity index (χ1) is 7.04. The molecule has 1 saturated heterocycles. The number of hydrogen-bond donors (Lipinski definition) is 4. The lowest BCUT2D eigenvalue weighted by atomic mass is 10.0. The number of aliphatic hydroxyl groups is 2. The van der Waals surface area contributed by atoms with E-state index in [1.807, 2.05) is 11.9 Å². The van der Waals surface area contributed by atoms with Crippen LogP contribution in [0.15, 0.2) is 0 Å². The molecule has 88 valence electrons. The van der Waals surface area contributed by atoms with E-state index in [0.29, 0.717) is 13.1 Å². The first-order valence-corrected chi connectivity index (χ1v) is 5.05. The SMILES string of the molecule is CN1C[C@H](N)[C@H](C(=O)NCC(O)CO)C1. The van der Waals surface area contributed by atoms with Crippen LogP contribution in [0.25, 0.3) is 0 Å². The fourth-order valence-corrected chi connectivity index (χ4v) is 1.72. The molecule has 5 N–H and O–H groups in total. The Balaban J connectivity index is 2.34. The van der Waals surface area contributed by atoms with E-state index in [1.54, 1.807) is 0 Å². The number of rotatable bonds is 4. The van der Waals surface area contributed by atoms with Crippen molar-refractivity contribution in [1.29, 1.82) is 0 Å². The molecule has 1 unspecified atom stereocenters. The van der Waals surface area contributed by atoms with Crippen LogP contribution in [0, 0.1) is 5.92 Å². The van der Waals surface area contributed by atoms with Crippen molar-refractivity contribution in [2.45, 2.75) is 12.1 Å². The molecule has 0 aromatic carbocycles. The molecule has 0 spiro atoms. The van der Waals surface area contributed by atoms with E-state index in [-0.39, 0.29) is 31.0 Å². The molecule has 0 aromatic heterocycles. The summed E-state index contributed by atoms with van der Waals surface area (Å²) in [6.45, 7) is 1.07. The van der Waals surface area contributed by atoms with E-state index >= 15 is 0 Å². The highest BCUT2D eigenvalue weighted by atomic mass is 16.3. The maximum absolute atomic E-state index is 11.6. The van der Waals surface area contributed by atoms with Crippen molar-refractivity contribution in [3.63, 3.8) is 0 Å². The minimum absolute atomic E-state index is 0.0717. The molecule has 1 heterocycles. The first-order valence-electron chi connectivity index (χ1n) is 5.05. The van der Waals surface area contributed by atoms with Crippen molar-refractivity contribution in [3.05, 3.63) is 0 Å². The van der Waals surface area contributed by atoms with Crippen LogP contribution in [0.5, 0.6) is 0 Å². The molecule has 0 aromatic rings. The summed E-state index contributed by atoms with van der Waals surface area (Å²) in [5.74, 6) is -0.375. The van der Waals surface area contributed by atoms with Gasteiger partial charge in [0.15, 0.2) is 0 Å². The van der Waals surface area contributed by atoms with Gasteiger partial charge in [-0.15, -0.1) is 0 Å². The zero-order valence-corrected chi connectivity index (χ0v) is 8.89. The molecule has 15 heavy (non-hydrogen) atoms. The van der Waals surface area contributed by atoms with Gasteiger partial charge in [-0.3, -0.25) is 4.79 Å². The van der Waals surface area contributed by atoms with Gasteiger partial charge in [-0.25, -0.2) is 0 Å². The number of likely N-dealkylation sites (tertiary alicyclic amines) is 1. The van der Waals surface area contributed by atoms with Crippen LogP contribution >= 0.6 is 0 Å². The molecule has 0 saturated carbocycles. The molecule has 1 fully saturated rings. The molecule has 0 aliphatic carbocycles. The van der Waals surface area contributed by atoms with Gasteiger partial charge in [0.05, 0.1) is 18.6 Å². The molecule has 6 nitrogen and oxygen atoms in total. The Morgan fingerprint density at radius 1 is 1.67 bits per heavy atom. The Morgan fingerprint density at radius 2 is 2.33 bits per heavy atom. The molecule has 0 radical (unpaired) electrons. The average molecular weight is 217 g/mol. The molecular formula is C9H19N3O3. The van der Waals surface area contributed by atoms with E-state index in [1.165, 1.54) is 0 Å². The molecule has 3 atom stereocenters. The van der Waals surface area contributed by atoms with Gasteiger partial charge in [0.1, 0.15) is 0 Å². The smallest absolute Gasteiger partial charge is 0.226 e. The number of nitrogens with zero attached hydrogens (tertiary/aromatic N) is 1. The van der Waals surface area contributed by atoms with E-state index in [4.69, 9.17) is 15.9 Å². The second-order valence-corrected chi connectivity index (χ2v) is 4.07. The maximum atomic E-state index is 11.6. The molecule has 1 aliphatic heterocycles. The number of nitrogens with two attached hydrogens (primary N) is 1. The molecular weight excluding hydrogens is 198 g/mol. The molecule has 1 aliphatic rings. The van der Waals surface area contributed by atoms with Crippen LogP contribution in [0.3, 0.4) is 0 Å². The number of amides is 1. The second-order valence-electron chi connectivity index (χ2n) is 4.07. The molecule has 1 rings (SSSR count). The second kappa shape index (κ2) is 5.41. The minimum Gasteiger partial charge on any atom is -0.394 e. The molecule has 0 bridgehead atoms. The third-order valence-electron chi connectivity index (χ3n) is 2.61. The number of carbonyl (C=O) groups excluding carboxylic acids is 1. The van der Waals surface area contributed by atoms with E-state index in [9.17, 15) is 4.79 Å². The monoisotopic (exact) mass is 217 g/mol. The van der Waals surface area contributed by atoms with Crippen molar-refractivity contribution < 1.29 is 15.0 Å². The largest absolute Gasteiger partial charge is 0.394 e. The summed E-state index contributed by atoms with van der Waals surface area (Å²) in [4.78, 5) is 13.6. The lowest BCUT2D eigenvalue weighted by Crippen LogP contribution is -2.43. The Kier molecular flexibility index (Phi) is 4.46. The van der Waals surface area contributed by atoms with Crippen LogP contribution in [-0.2, 0) is 4.79 Å². The van der Waals surface area contributed by atoms with Crippen molar-refractivity contribution in [3.8, 4) is 0 Å². The normalized spacial score (nSPS) is 29.1. The van der Waals surface area contributed by atoms with E-state index < -0.39 is 6.10 Å². The number of aliphatic hydroxyl groups excluding tert-OH is 2. The predicted molar refractivity (Wildman–Crippen MR) is 55.1 cm³/mol. The molecule has 1 amide bonds. The van der Waals surface area contributed by atoms with Gasteiger partial charge in [-0.2, -0.15) is 0 Å². The lowest BCUT2D eigenvalue weighted by Gasteiger charge is -2.15. The summed E-state index contributed by atoms with van der Waals surface area (Å²) >= 11 is 0. The first kappa shape index (κ1) is 12.4. The summed E-state index contributed by atoms with van der Waals surface area (Å²) in [5, 5.41) is 20.2. The van der Waals surface area contributed by atoms with Crippen LogP contribution in [0.1, 0.15) is 0 Å². The fourth-order valence-electron chi connectivity index (χ4n) is 1.72. The summed E-state index contributed by atoms with van der Waals surface area (Å²) in [6.07, 6.45) is -0.899. The summed E-state index contributed by atoms with van der Waals surface area (Å²) in [6, 6.07) is -0.152. The van der Waals surface area contributed by atoms with Gasteiger partial charge in [0.2, 0.25) is 5.91 Å². The predicted octanol–water partition coefficient (Wildman–Crippen LogP) is -2.66. The van der Waals surface area contributed by atoms with Crippen molar-refractivity contribution in [2.24, 2.45) is 11.7 Å². The maximum Gasteiger partial charge on any atom is 0.226 e. The van der Waals surface area contributed by atoms with Crippen LogP contribution < -0.4 is 11.1 Å². The summed E-state index contributed by atoms with van der Waals surface area (Å²) in [5.41, 5.74) is 5.79. The average Bonchev–Trinajstić information content (AvgIpc) is 2.53. The lowest BCUT2D eigenvalue weighted by molar-refractivity contribution is -0.125. The third kappa shape index (κ3) is 3.42. The zero-order valence-electron chi connectivity index (χ0n) is 8.89. The Hall–Kier alpha value is -0.690. The quantitative estimate of drug-likeness (QED) is 0.412. The van der Waals surface area contributed by atoms with Gasteiger partial charge in [0.25, 0.3) is 0 Å². The standard InChI is InChI=1S/C9H19N3O3/c1-12-3-7(8(10)4-12)9(15)11-2-6(14)5-13/h6-8,13-14H,2-5,10H2,1H3,(H,11,15)/t6?,7-,8+/m1/s1. The van der Waals surface area contributed by atoms with E-state index in [0.717, 1.165) is 0 Å². The van der Waals surface area contributed by atoms with Gasteiger partial charge in [-0.1, -0.05) is 0 Å². The minimum atomic E-state index is -0.899. The van der Waals surface area contributed by atoms with Crippen molar-refractivity contribution in [1.82, 2.24) is 10.2 Å². The summed E-state index contributed by atoms with van der Waals surface area (Å²) < 4.78 is 0. The van der Waals surface area contributed by atoms with Crippen molar-refractivity contribution >= 4 is 5.91 Å². The van der Waals surface area contributed by atoms with Gasteiger partial charge < -0.3 is 26.2 Å².